The lowest BCUT2D eigenvalue weighted by molar-refractivity contribution is 0.468. The van der Waals surface area contributed by atoms with Gasteiger partial charge in [-0.3, -0.25) is 0 Å². The molecule has 1 heterocycles. The van der Waals surface area contributed by atoms with Crippen LogP contribution in [0.4, 0.5) is 0 Å². The Labute approximate surface area is 117 Å². The maximum Gasteiger partial charge on any atom is 0.143 e. The molecule has 0 saturated carbocycles. The van der Waals surface area contributed by atoms with Gasteiger partial charge in [-0.1, -0.05) is 45.0 Å². The second-order valence-electron chi connectivity index (χ2n) is 5.90. The molecule has 4 heteroatoms. The van der Waals surface area contributed by atoms with E-state index in [0.29, 0.717) is 5.69 Å². The molecule has 2 aromatic carbocycles. The number of nitrogens with zero attached hydrogens (tertiary/aromatic N) is 3. The summed E-state index contributed by atoms with van der Waals surface area (Å²) in [5.41, 5.74) is 3.45. The number of fused-ring (bicyclic) bond motifs is 1. The van der Waals surface area contributed by atoms with Crippen LogP contribution in [0.2, 0.25) is 0 Å². The fourth-order valence-electron chi connectivity index (χ4n) is 2.28. The number of aromatic hydroxyl groups is 1. The maximum absolute atomic E-state index is 9.92. The van der Waals surface area contributed by atoms with Crippen molar-refractivity contribution in [2.45, 2.75) is 26.2 Å². The fourth-order valence-corrected chi connectivity index (χ4v) is 2.28. The van der Waals surface area contributed by atoms with Crippen molar-refractivity contribution in [3.05, 3.63) is 48.0 Å². The van der Waals surface area contributed by atoms with Gasteiger partial charge in [0.05, 0.1) is 0 Å². The van der Waals surface area contributed by atoms with Gasteiger partial charge in [0.15, 0.2) is 0 Å². The molecule has 20 heavy (non-hydrogen) atoms. The van der Waals surface area contributed by atoms with E-state index in [0.717, 1.165) is 16.6 Å². The first kappa shape index (κ1) is 12.7. The van der Waals surface area contributed by atoms with Gasteiger partial charge in [0.25, 0.3) is 0 Å². The Kier molecular flexibility index (Phi) is 2.74. The van der Waals surface area contributed by atoms with E-state index in [9.17, 15) is 5.11 Å². The van der Waals surface area contributed by atoms with E-state index in [1.54, 1.807) is 18.2 Å². The van der Waals surface area contributed by atoms with E-state index in [1.807, 2.05) is 18.2 Å². The second-order valence-corrected chi connectivity index (χ2v) is 5.90. The van der Waals surface area contributed by atoms with Crippen molar-refractivity contribution in [2.24, 2.45) is 0 Å². The molecule has 0 fully saturated rings. The number of rotatable bonds is 1. The quantitative estimate of drug-likeness (QED) is 0.735. The molecule has 0 atom stereocenters. The molecule has 0 unspecified atom stereocenters. The number of hydrogen-bond donors (Lipinski definition) is 1. The van der Waals surface area contributed by atoms with E-state index < -0.39 is 0 Å². The topological polar surface area (TPSA) is 50.9 Å². The van der Waals surface area contributed by atoms with E-state index in [4.69, 9.17) is 0 Å². The minimum absolute atomic E-state index is 0.000887. The number of aromatic nitrogens is 3. The van der Waals surface area contributed by atoms with E-state index in [-0.39, 0.29) is 11.2 Å². The van der Waals surface area contributed by atoms with Crippen molar-refractivity contribution in [2.75, 3.05) is 0 Å². The van der Waals surface area contributed by atoms with Gasteiger partial charge < -0.3 is 5.11 Å². The molecule has 3 aromatic rings. The molecule has 3 rings (SSSR count). The molecular formula is C16H17N3O. The zero-order chi connectivity index (χ0) is 14.3. The first-order chi connectivity index (χ1) is 9.47. The van der Waals surface area contributed by atoms with Gasteiger partial charge in [-0.15, -0.1) is 15.0 Å². The molecule has 1 N–H and O–H groups in total. The Morgan fingerprint density at radius 1 is 0.950 bits per heavy atom. The molecule has 0 bridgehead atoms. The third kappa shape index (κ3) is 2.03. The van der Waals surface area contributed by atoms with Crippen molar-refractivity contribution in [1.29, 1.82) is 0 Å². The largest absolute Gasteiger partial charge is 0.506 e. The van der Waals surface area contributed by atoms with Crippen molar-refractivity contribution in [3.8, 4) is 11.4 Å². The van der Waals surface area contributed by atoms with E-state index in [1.165, 1.54) is 4.80 Å². The average molecular weight is 267 g/mol. The monoisotopic (exact) mass is 267 g/mol. The number of phenols is 1. The lowest BCUT2D eigenvalue weighted by atomic mass is 9.86. The van der Waals surface area contributed by atoms with Gasteiger partial charge in [0.1, 0.15) is 22.5 Å². The summed E-state index contributed by atoms with van der Waals surface area (Å²) in [7, 11) is 0. The summed E-state index contributed by atoms with van der Waals surface area (Å²) in [5, 5.41) is 18.9. The zero-order valence-electron chi connectivity index (χ0n) is 11.8. The SMILES string of the molecule is CC(C)(C)c1cccc2nn(-c3ccccc3O)nc12. The lowest BCUT2D eigenvalue weighted by Gasteiger charge is -2.18. The van der Waals surface area contributed by atoms with Gasteiger partial charge in [-0.25, -0.2) is 0 Å². The van der Waals surface area contributed by atoms with Gasteiger partial charge in [-0.05, 0) is 29.2 Å². The summed E-state index contributed by atoms with van der Waals surface area (Å²) in [6.07, 6.45) is 0. The standard InChI is InChI=1S/C16H17N3O/c1-16(2,3)11-7-6-8-12-15(11)18-19(17-12)13-9-4-5-10-14(13)20/h4-10,20H,1-3H3. The summed E-state index contributed by atoms with van der Waals surface area (Å²) < 4.78 is 0. The molecule has 4 nitrogen and oxygen atoms in total. The summed E-state index contributed by atoms with van der Waals surface area (Å²) in [5.74, 6) is 0.171. The molecule has 0 radical (unpaired) electrons. The van der Waals surface area contributed by atoms with Crippen molar-refractivity contribution >= 4 is 11.0 Å². The van der Waals surface area contributed by atoms with Crippen LogP contribution in [0.25, 0.3) is 16.7 Å². The molecule has 0 aliphatic rings. The highest BCUT2D eigenvalue weighted by Gasteiger charge is 2.20. The number of phenolic OH excluding ortho intramolecular Hbond substituents is 1. The molecule has 1 aromatic heterocycles. The Bertz CT molecular complexity index is 769. The zero-order valence-corrected chi connectivity index (χ0v) is 11.8. The number of hydrogen-bond acceptors (Lipinski definition) is 3. The normalized spacial score (nSPS) is 11.9. The Morgan fingerprint density at radius 3 is 2.40 bits per heavy atom. The first-order valence-electron chi connectivity index (χ1n) is 6.62. The van der Waals surface area contributed by atoms with Crippen LogP contribution in [0.5, 0.6) is 5.75 Å². The highest BCUT2D eigenvalue weighted by Crippen LogP contribution is 2.29. The van der Waals surface area contributed by atoms with Crippen molar-refractivity contribution < 1.29 is 5.11 Å². The molecule has 0 amide bonds. The first-order valence-corrected chi connectivity index (χ1v) is 6.62. The lowest BCUT2D eigenvalue weighted by Crippen LogP contribution is -2.11. The third-order valence-electron chi connectivity index (χ3n) is 3.32. The van der Waals surface area contributed by atoms with Crippen LogP contribution in [0, 0.1) is 0 Å². The second kappa shape index (κ2) is 4.34. The minimum Gasteiger partial charge on any atom is -0.506 e. The highest BCUT2D eigenvalue weighted by atomic mass is 16.3. The van der Waals surface area contributed by atoms with Crippen LogP contribution in [-0.4, -0.2) is 20.1 Å². The van der Waals surface area contributed by atoms with E-state index >= 15 is 0 Å². The predicted octanol–water partition coefficient (Wildman–Crippen LogP) is 3.42. The van der Waals surface area contributed by atoms with Crippen LogP contribution in [0.1, 0.15) is 26.3 Å². The Hall–Kier alpha value is -2.36. The van der Waals surface area contributed by atoms with Gasteiger partial charge in [0.2, 0.25) is 0 Å². The van der Waals surface area contributed by atoms with E-state index in [2.05, 4.69) is 37.0 Å². The average Bonchev–Trinajstić information content (AvgIpc) is 2.81. The Balaban J connectivity index is 2.24. The van der Waals surface area contributed by atoms with Crippen LogP contribution < -0.4 is 0 Å². The van der Waals surface area contributed by atoms with Crippen LogP contribution in [0.3, 0.4) is 0 Å². The maximum atomic E-state index is 9.92. The molecule has 0 aliphatic heterocycles. The molecule has 0 aliphatic carbocycles. The Morgan fingerprint density at radius 2 is 1.70 bits per heavy atom. The smallest absolute Gasteiger partial charge is 0.143 e. The molecule has 102 valence electrons. The highest BCUT2D eigenvalue weighted by molar-refractivity contribution is 5.79. The van der Waals surface area contributed by atoms with Crippen LogP contribution >= 0.6 is 0 Å². The molecule has 0 spiro atoms. The molecule has 0 saturated heterocycles. The fraction of sp³-hybridized carbons (Fsp3) is 0.250. The summed E-state index contributed by atoms with van der Waals surface area (Å²) in [4.78, 5) is 1.50. The third-order valence-corrected chi connectivity index (χ3v) is 3.32. The molecular weight excluding hydrogens is 250 g/mol. The van der Waals surface area contributed by atoms with Gasteiger partial charge >= 0.3 is 0 Å². The summed E-state index contributed by atoms with van der Waals surface area (Å²) in [6.45, 7) is 6.46. The van der Waals surface area contributed by atoms with Gasteiger partial charge in [0, 0.05) is 0 Å². The summed E-state index contributed by atoms with van der Waals surface area (Å²) >= 11 is 0. The number of benzene rings is 2. The predicted molar refractivity (Wildman–Crippen MR) is 79.2 cm³/mol. The number of para-hydroxylation sites is 2. The van der Waals surface area contributed by atoms with Crippen LogP contribution in [-0.2, 0) is 5.41 Å². The van der Waals surface area contributed by atoms with Crippen molar-refractivity contribution in [1.82, 2.24) is 15.0 Å². The minimum atomic E-state index is -0.000887. The van der Waals surface area contributed by atoms with Gasteiger partial charge in [-0.2, -0.15) is 0 Å². The summed E-state index contributed by atoms with van der Waals surface area (Å²) in [6, 6.07) is 13.1. The van der Waals surface area contributed by atoms with Crippen molar-refractivity contribution in [3.63, 3.8) is 0 Å². The van der Waals surface area contributed by atoms with Crippen LogP contribution in [0.15, 0.2) is 42.5 Å².